The molecule has 3 nitrogen and oxygen atoms in total. The highest BCUT2D eigenvalue weighted by Crippen LogP contribution is 2.20. The number of likely N-dealkylation sites (tertiary alicyclic amines) is 1. The van der Waals surface area contributed by atoms with E-state index in [0.717, 1.165) is 56.9 Å². The van der Waals surface area contributed by atoms with Crippen molar-refractivity contribution in [2.45, 2.75) is 32.2 Å². The zero-order valence-electron chi connectivity index (χ0n) is 15.2. The van der Waals surface area contributed by atoms with Crippen LogP contribution in [0, 0.1) is 5.92 Å². The van der Waals surface area contributed by atoms with Gasteiger partial charge in [0.25, 0.3) is 0 Å². The summed E-state index contributed by atoms with van der Waals surface area (Å²) in [5.41, 5.74) is 2.57. The molecule has 3 rings (SSSR count). The number of carbonyl (C=O) groups excluding carboxylic acids is 1. The lowest BCUT2D eigenvalue weighted by atomic mass is 9.95. The van der Waals surface area contributed by atoms with Crippen LogP contribution in [0.25, 0.3) is 0 Å². The Morgan fingerprint density at radius 2 is 1.77 bits per heavy atom. The molecule has 0 saturated carbocycles. The van der Waals surface area contributed by atoms with E-state index in [9.17, 15) is 4.79 Å². The summed E-state index contributed by atoms with van der Waals surface area (Å²) < 4.78 is 0. The molecule has 4 heteroatoms. The van der Waals surface area contributed by atoms with Crippen LogP contribution in [0.2, 0.25) is 5.02 Å². The molecule has 2 aromatic carbocycles. The number of nitrogens with zero attached hydrogens (tertiary/aromatic N) is 1. The van der Waals surface area contributed by atoms with Crippen molar-refractivity contribution in [3.05, 3.63) is 70.7 Å². The van der Waals surface area contributed by atoms with E-state index in [1.807, 2.05) is 24.3 Å². The zero-order chi connectivity index (χ0) is 18.2. The Morgan fingerprint density at radius 3 is 2.50 bits per heavy atom. The van der Waals surface area contributed by atoms with Gasteiger partial charge in [-0.1, -0.05) is 54.1 Å². The molecule has 0 aliphatic carbocycles. The molecule has 0 aromatic heterocycles. The van der Waals surface area contributed by atoms with Crippen molar-refractivity contribution in [3.8, 4) is 0 Å². The molecule has 138 valence electrons. The first kappa shape index (κ1) is 18.9. The highest BCUT2D eigenvalue weighted by molar-refractivity contribution is 6.30. The molecule has 1 heterocycles. The Kier molecular flexibility index (Phi) is 7.10. The van der Waals surface area contributed by atoms with Crippen LogP contribution < -0.4 is 5.32 Å². The van der Waals surface area contributed by atoms with E-state index >= 15 is 0 Å². The van der Waals surface area contributed by atoms with Gasteiger partial charge in [0, 0.05) is 24.0 Å². The molecule has 1 saturated heterocycles. The predicted molar refractivity (Wildman–Crippen MR) is 107 cm³/mol. The van der Waals surface area contributed by atoms with Crippen molar-refractivity contribution in [2.24, 2.45) is 5.92 Å². The van der Waals surface area contributed by atoms with Crippen molar-refractivity contribution in [3.63, 3.8) is 0 Å². The highest BCUT2D eigenvalue weighted by atomic mass is 35.5. The van der Waals surface area contributed by atoms with E-state index in [1.54, 1.807) is 0 Å². The zero-order valence-corrected chi connectivity index (χ0v) is 15.9. The lowest BCUT2D eigenvalue weighted by molar-refractivity contribution is -0.126. The third kappa shape index (κ3) is 5.86. The number of amides is 1. The number of piperidine rings is 1. The minimum atomic E-state index is 0.155. The average molecular weight is 371 g/mol. The van der Waals surface area contributed by atoms with Crippen LogP contribution in [-0.4, -0.2) is 30.4 Å². The molecule has 0 spiro atoms. The highest BCUT2D eigenvalue weighted by Gasteiger charge is 2.24. The quantitative estimate of drug-likeness (QED) is 0.737. The Bertz CT molecular complexity index is 696. The summed E-state index contributed by atoms with van der Waals surface area (Å²) in [4.78, 5) is 14.8. The van der Waals surface area contributed by atoms with E-state index in [1.165, 1.54) is 11.1 Å². The van der Waals surface area contributed by atoms with E-state index in [0.29, 0.717) is 0 Å². The number of benzene rings is 2. The summed E-state index contributed by atoms with van der Waals surface area (Å²) in [6.07, 6.45) is 3.87. The van der Waals surface area contributed by atoms with Crippen molar-refractivity contribution >= 4 is 17.5 Å². The third-order valence-corrected chi connectivity index (χ3v) is 5.27. The number of hydrogen-bond donors (Lipinski definition) is 1. The van der Waals surface area contributed by atoms with Crippen LogP contribution in [0.5, 0.6) is 0 Å². The maximum absolute atomic E-state index is 12.4. The molecule has 26 heavy (non-hydrogen) atoms. The maximum atomic E-state index is 12.4. The summed E-state index contributed by atoms with van der Waals surface area (Å²) in [6.45, 7) is 3.60. The second kappa shape index (κ2) is 9.75. The van der Waals surface area contributed by atoms with Gasteiger partial charge in [-0.2, -0.15) is 0 Å². The molecule has 2 aromatic rings. The minimum Gasteiger partial charge on any atom is -0.356 e. The molecule has 0 atom stereocenters. The van der Waals surface area contributed by atoms with Crippen molar-refractivity contribution < 1.29 is 4.79 Å². The average Bonchev–Trinajstić information content (AvgIpc) is 2.66. The predicted octanol–water partition coefficient (Wildman–Crippen LogP) is 4.30. The molecule has 1 fully saturated rings. The molecule has 0 bridgehead atoms. The van der Waals surface area contributed by atoms with Crippen LogP contribution in [0.3, 0.4) is 0 Å². The molecular weight excluding hydrogens is 344 g/mol. The van der Waals surface area contributed by atoms with Gasteiger partial charge in [-0.3, -0.25) is 9.69 Å². The summed E-state index contributed by atoms with van der Waals surface area (Å²) in [7, 11) is 0. The van der Waals surface area contributed by atoms with Crippen molar-refractivity contribution in [2.75, 3.05) is 19.6 Å². The largest absolute Gasteiger partial charge is 0.356 e. The molecule has 0 radical (unpaired) electrons. The van der Waals surface area contributed by atoms with Crippen LogP contribution in [-0.2, 0) is 17.8 Å². The summed E-state index contributed by atoms with van der Waals surface area (Å²) in [5, 5.41) is 3.90. The second-order valence-electron chi connectivity index (χ2n) is 7.06. The lowest BCUT2D eigenvalue weighted by Gasteiger charge is -2.31. The molecule has 1 amide bonds. The number of hydrogen-bond acceptors (Lipinski definition) is 2. The van der Waals surface area contributed by atoms with Gasteiger partial charge in [0.1, 0.15) is 0 Å². The fourth-order valence-electron chi connectivity index (χ4n) is 3.54. The summed E-state index contributed by atoms with van der Waals surface area (Å²) in [6, 6.07) is 18.5. The van der Waals surface area contributed by atoms with Gasteiger partial charge in [-0.15, -0.1) is 0 Å². The number of halogens is 1. The Balaban J connectivity index is 1.34. The standard InChI is InChI=1S/C22H27ClN2O/c23-21-10-4-8-19(16-21)17-25-14-11-20(12-15-25)22(26)24-13-5-9-18-6-2-1-3-7-18/h1-4,6-8,10,16,20H,5,9,11-15,17H2,(H,24,26). The van der Waals surface area contributed by atoms with Crippen LogP contribution in [0.4, 0.5) is 0 Å². The van der Waals surface area contributed by atoms with Crippen LogP contribution in [0.1, 0.15) is 30.4 Å². The smallest absolute Gasteiger partial charge is 0.223 e. The first-order valence-corrected chi connectivity index (χ1v) is 9.87. The molecule has 1 N–H and O–H groups in total. The van der Waals surface area contributed by atoms with Gasteiger partial charge in [0.2, 0.25) is 5.91 Å². The Morgan fingerprint density at radius 1 is 1.04 bits per heavy atom. The second-order valence-corrected chi connectivity index (χ2v) is 7.50. The van der Waals surface area contributed by atoms with Crippen molar-refractivity contribution in [1.82, 2.24) is 10.2 Å². The first-order chi connectivity index (χ1) is 12.7. The van der Waals surface area contributed by atoms with Gasteiger partial charge >= 0.3 is 0 Å². The van der Waals surface area contributed by atoms with Gasteiger partial charge in [-0.25, -0.2) is 0 Å². The number of aryl methyl sites for hydroxylation is 1. The summed E-state index contributed by atoms with van der Waals surface area (Å²) >= 11 is 6.06. The molecule has 0 unspecified atom stereocenters. The molecule has 1 aliphatic rings. The number of carbonyl (C=O) groups is 1. The van der Waals surface area contributed by atoms with E-state index in [2.05, 4.69) is 40.5 Å². The normalized spacial score (nSPS) is 15.7. The fraction of sp³-hybridized carbons (Fsp3) is 0.409. The SMILES string of the molecule is O=C(NCCCc1ccccc1)C1CCN(Cc2cccc(Cl)c2)CC1. The summed E-state index contributed by atoms with van der Waals surface area (Å²) in [5.74, 6) is 0.378. The number of rotatable bonds is 7. The fourth-order valence-corrected chi connectivity index (χ4v) is 3.75. The third-order valence-electron chi connectivity index (χ3n) is 5.04. The Hall–Kier alpha value is -1.84. The topological polar surface area (TPSA) is 32.3 Å². The van der Waals surface area contributed by atoms with Gasteiger partial charge in [0.15, 0.2) is 0 Å². The van der Waals surface area contributed by atoms with E-state index in [-0.39, 0.29) is 11.8 Å². The Labute approximate surface area is 161 Å². The number of nitrogens with one attached hydrogen (secondary N) is 1. The first-order valence-electron chi connectivity index (χ1n) is 9.49. The van der Waals surface area contributed by atoms with E-state index < -0.39 is 0 Å². The van der Waals surface area contributed by atoms with Gasteiger partial charge in [-0.05, 0) is 62.0 Å². The van der Waals surface area contributed by atoms with E-state index in [4.69, 9.17) is 11.6 Å². The maximum Gasteiger partial charge on any atom is 0.223 e. The van der Waals surface area contributed by atoms with Crippen LogP contribution >= 0.6 is 11.6 Å². The lowest BCUT2D eigenvalue weighted by Crippen LogP contribution is -2.40. The minimum absolute atomic E-state index is 0.155. The van der Waals surface area contributed by atoms with Crippen molar-refractivity contribution in [1.29, 1.82) is 0 Å². The molecular formula is C22H27ClN2O. The molecule has 1 aliphatic heterocycles. The van der Waals surface area contributed by atoms with Crippen LogP contribution in [0.15, 0.2) is 54.6 Å². The monoisotopic (exact) mass is 370 g/mol. The van der Waals surface area contributed by atoms with Gasteiger partial charge in [0.05, 0.1) is 0 Å². The van der Waals surface area contributed by atoms with Gasteiger partial charge < -0.3 is 5.32 Å².